The number of allylic oxidation sites excluding steroid dienone is 1. The molecule has 0 aromatic heterocycles. The van der Waals surface area contributed by atoms with Gasteiger partial charge in [0.2, 0.25) is 0 Å². The second-order valence-corrected chi connectivity index (χ2v) is 18.2. The van der Waals surface area contributed by atoms with Crippen LogP contribution in [0.15, 0.2) is 113 Å². The fourth-order valence-electron chi connectivity index (χ4n) is 4.52. The molecule has 3 aromatic rings. The average Bonchev–Trinajstić information content (AvgIpc) is 3.13. The molecule has 1 aliphatic rings. The normalized spacial score (nSPS) is 21.1. The summed E-state index contributed by atoms with van der Waals surface area (Å²) >= 11 is -3.41. The van der Waals surface area contributed by atoms with Crippen LogP contribution >= 0.6 is 0 Å². The molecule has 3 aromatic carbocycles. The molecule has 1 fully saturated rings. The van der Waals surface area contributed by atoms with Crippen molar-refractivity contribution in [2.24, 2.45) is 0 Å². The van der Waals surface area contributed by atoms with Gasteiger partial charge in [0.25, 0.3) is 0 Å². The molecule has 2 heteroatoms. The fourth-order valence-corrected chi connectivity index (χ4v) is 17.7. The van der Waals surface area contributed by atoms with E-state index in [0.29, 0.717) is 0 Å². The van der Waals surface area contributed by atoms with Crippen LogP contribution in [0.2, 0.25) is 0 Å². The Labute approximate surface area is 178 Å². The summed E-state index contributed by atoms with van der Waals surface area (Å²) in [6.07, 6.45) is 5.32. The third-order valence-corrected chi connectivity index (χ3v) is 18.9. The van der Waals surface area contributed by atoms with Crippen molar-refractivity contribution < 1.29 is 4.74 Å². The SMILES string of the molecule is C/C=C/C1(C)OCC/C1=[CH]\[Sn]([c]1ccccc1)([c]1ccccc1)[c]1ccccc1. The average molecular weight is 487 g/mol. The van der Waals surface area contributed by atoms with E-state index in [9.17, 15) is 0 Å². The van der Waals surface area contributed by atoms with Crippen molar-refractivity contribution in [1.82, 2.24) is 0 Å². The first-order valence-corrected chi connectivity index (χ1v) is 16.3. The first kappa shape index (κ1) is 20.2. The van der Waals surface area contributed by atoms with Gasteiger partial charge in [-0.25, -0.2) is 0 Å². The second kappa shape index (κ2) is 8.72. The first-order chi connectivity index (χ1) is 14.2. The fraction of sp³-hybridized carbons (Fsp3) is 0.185. The van der Waals surface area contributed by atoms with E-state index in [1.807, 2.05) is 0 Å². The predicted octanol–water partition coefficient (Wildman–Crippen LogP) is 4.38. The Bertz CT molecular complexity index is 896. The molecule has 1 saturated heterocycles. The van der Waals surface area contributed by atoms with E-state index in [4.69, 9.17) is 4.74 Å². The van der Waals surface area contributed by atoms with Crippen molar-refractivity contribution in [3.63, 3.8) is 0 Å². The predicted molar refractivity (Wildman–Crippen MR) is 126 cm³/mol. The number of ether oxygens (including phenoxy) is 1. The van der Waals surface area contributed by atoms with Crippen LogP contribution in [-0.4, -0.2) is 30.6 Å². The zero-order valence-electron chi connectivity index (χ0n) is 17.2. The summed E-state index contributed by atoms with van der Waals surface area (Å²) in [5.74, 6) is 0. The molecule has 1 atom stereocenters. The molecule has 0 radical (unpaired) electrons. The molecule has 1 nitrogen and oxygen atoms in total. The van der Waals surface area contributed by atoms with Crippen LogP contribution in [0.1, 0.15) is 20.3 Å². The third kappa shape index (κ3) is 3.86. The zero-order chi connectivity index (χ0) is 20.2. The van der Waals surface area contributed by atoms with E-state index >= 15 is 0 Å². The summed E-state index contributed by atoms with van der Waals surface area (Å²) in [5.41, 5.74) is 1.11. The van der Waals surface area contributed by atoms with Crippen molar-refractivity contribution >= 4 is 29.1 Å². The molecule has 0 spiro atoms. The number of hydrogen-bond acceptors (Lipinski definition) is 1. The van der Waals surface area contributed by atoms with Crippen LogP contribution in [0, 0.1) is 0 Å². The quantitative estimate of drug-likeness (QED) is 0.384. The molecule has 4 rings (SSSR count). The van der Waals surface area contributed by atoms with Crippen LogP contribution in [-0.2, 0) is 4.74 Å². The van der Waals surface area contributed by atoms with Crippen molar-refractivity contribution in [3.8, 4) is 0 Å². The Kier molecular flexibility index (Phi) is 6.07. The topological polar surface area (TPSA) is 9.23 Å². The van der Waals surface area contributed by atoms with Crippen molar-refractivity contribution in [1.29, 1.82) is 0 Å². The summed E-state index contributed by atoms with van der Waals surface area (Å²) in [4.78, 5) is 0. The van der Waals surface area contributed by atoms with Crippen LogP contribution in [0.25, 0.3) is 0 Å². The monoisotopic (exact) mass is 488 g/mol. The molecule has 146 valence electrons. The molecule has 1 unspecified atom stereocenters. The summed E-state index contributed by atoms with van der Waals surface area (Å²) in [6.45, 7) is 5.07. The molecule has 29 heavy (non-hydrogen) atoms. The molecule has 0 saturated carbocycles. The third-order valence-electron chi connectivity index (χ3n) is 5.97. The molecule has 0 N–H and O–H groups in total. The summed E-state index contributed by atoms with van der Waals surface area (Å²) in [5, 5.41) is 0. The van der Waals surface area contributed by atoms with Gasteiger partial charge in [0, 0.05) is 0 Å². The van der Waals surface area contributed by atoms with Gasteiger partial charge in [0.15, 0.2) is 0 Å². The molecule has 0 aliphatic carbocycles. The number of benzene rings is 3. The van der Waals surface area contributed by atoms with Crippen molar-refractivity contribution in [2.75, 3.05) is 6.61 Å². The van der Waals surface area contributed by atoms with Gasteiger partial charge in [0.05, 0.1) is 0 Å². The Hall–Kier alpha value is -2.10. The molecular weight excluding hydrogens is 459 g/mol. The van der Waals surface area contributed by atoms with Gasteiger partial charge in [-0.3, -0.25) is 0 Å². The van der Waals surface area contributed by atoms with Crippen LogP contribution in [0.3, 0.4) is 0 Å². The van der Waals surface area contributed by atoms with Gasteiger partial charge in [-0.1, -0.05) is 0 Å². The Balaban J connectivity index is 2.05. The van der Waals surface area contributed by atoms with Crippen molar-refractivity contribution in [2.45, 2.75) is 25.9 Å². The van der Waals surface area contributed by atoms with E-state index in [1.54, 1.807) is 0 Å². The zero-order valence-corrected chi connectivity index (χ0v) is 20.1. The van der Waals surface area contributed by atoms with Crippen LogP contribution < -0.4 is 10.7 Å². The summed E-state index contributed by atoms with van der Waals surface area (Å²) in [7, 11) is 0. The maximum absolute atomic E-state index is 6.23. The maximum atomic E-state index is 6.23. The number of rotatable bonds is 5. The standard InChI is InChI=1S/C9H13O.3C6H5.Sn/c1-4-6-9(3)8(2)5-7-10-9;3*1-2-4-6-5-3-1;/h2,4,6H,5,7H2,1,3H3;3*1-5H;/b6-4+,8-2?;;;;. The van der Waals surface area contributed by atoms with Crippen molar-refractivity contribution in [3.05, 3.63) is 113 Å². The second-order valence-electron chi connectivity index (χ2n) is 7.78. The van der Waals surface area contributed by atoms with E-state index in [0.717, 1.165) is 13.0 Å². The van der Waals surface area contributed by atoms with Crippen LogP contribution in [0.4, 0.5) is 0 Å². The van der Waals surface area contributed by atoms with Gasteiger partial charge in [-0.2, -0.15) is 0 Å². The van der Waals surface area contributed by atoms with Gasteiger partial charge in [-0.15, -0.1) is 0 Å². The molecule has 0 amide bonds. The van der Waals surface area contributed by atoms with Gasteiger partial charge in [-0.05, 0) is 0 Å². The first-order valence-electron chi connectivity index (χ1n) is 10.4. The Morgan fingerprint density at radius 1 is 0.759 bits per heavy atom. The van der Waals surface area contributed by atoms with Gasteiger partial charge >= 0.3 is 179 Å². The van der Waals surface area contributed by atoms with Gasteiger partial charge in [0.1, 0.15) is 0 Å². The van der Waals surface area contributed by atoms with Crippen LogP contribution in [0.5, 0.6) is 0 Å². The number of hydrogen-bond donors (Lipinski definition) is 0. The molecule has 0 bridgehead atoms. The minimum atomic E-state index is -3.41. The van der Waals surface area contributed by atoms with E-state index in [-0.39, 0.29) is 5.60 Å². The Morgan fingerprint density at radius 3 is 1.62 bits per heavy atom. The molecule has 1 heterocycles. The summed E-state index contributed by atoms with van der Waals surface area (Å²) in [6, 6.07) is 33.4. The van der Waals surface area contributed by atoms with E-state index in [1.165, 1.54) is 16.3 Å². The van der Waals surface area contributed by atoms with E-state index in [2.05, 4.69) is 121 Å². The summed E-state index contributed by atoms with van der Waals surface area (Å²) < 4.78 is 13.3. The Morgan fingerprint density at radius 2 is 1.21 bits per heavy atom. The molecular formula is C27H28OSn. The minimum absolute atomic E-state index is 0.310. The van der Waals surface area contributed by atoms with E-state index < -0.39 is 18.4 Å². The molecule has 1 aliphatic heterocycles. The van der Waals surface area contributed by atoms with Gasteiger partial charge < -0.3 is 0 Å².